The number of carbonyl (C=O) groups excluding carboxylic acids is 1. The van der Waals surface area contributed by atoms with E-state index in [4.69, 9.17) is 4.74 Å². The Kier molecular flexibility index (Phi) is 4.21. The zero-order chi connectivity index (χ0) is 14.1. The van der Waals surface area contributed by atoms with Crippen LogP contribution in [0.1, 0.15) is 40.0 Å². The molecule has 0 aromatic heterocycles. The highest BCUT2D eigenvalue weighted by Gasteiger charge is 2.61. The number of carbonyl (C=O) groups is 1. The second-order valence-corrected chi connectivity index (χ2v) is 6.90. The predicted octanol–water partition coefficient (Wildman–Crippen LogP) is 1.55. The van der Waals surface area contributed by atoms with E-state index in [1.807, 2.05) is 0 Å². The number of rotatable bonds is 6. The minimum absolute atomic E-state index is 0.116. The second kappa shape index (κ2) is 5.41. The molecule has 2 bridgehead atoms. The maximum absolute atomic E-state index is 12.0. The van der Waals surface area contributed by atoms with Crippen LogP contribution in [0.4, 0.5) is 0 Å². The number of amides is 1. The summed E-state index contributed by atoms with van der Waals surface area (Å²) in [6, 6.07) is 0.345. The van der Waals surface area contributed by atoms with Gasteiger partial charge in [0.15, 0.2) is 0 Å². The standard InChI is InChI=1S/C15H28N2O2/c1-14(2)11-5-6-15(14,3)12(9-11)17-13(18)10-16-7-8-19-4/h11-12,16H,5-10H2,1-4H3,(H,17,18). The van der Waals surface area contributed by atoms with Crippen LogP contribution in [0.3, 0.4) is 0 Å². The summed E-state index contributed by atoms with van der Waals surface area (Å²) in [6.07, 6.45) is 3.71. The molecule has 0 saturated heterocycles. The van der Waals surface area contributed by atoms with Crippen molar-refractivity contribution >= 4 is 5.91 Å². The van der Waals surface area contributed by atoms with Crippen molar-refractivity contribution in [2.24, 2.45) is 16.7 Å². The van der Waals surface area contributed by atoms with Crippen LogP contribution < -0.4 is 10.6 Å². The van der Waals surface area contributed by atoms with E-state index in [-0.39, 0.29) is 11.3 Å². The van der Waals surface area contributed by atoms with Gasteiger partial charge in [-0.25, -0.2) is 0 Å². The van der Waals surface area contributed by atoms with E-state index in [0.29, 0.717) is 24.6 Å². The lowest BCUT2D eigenvalue weighted by atomic mass is 9.69. The molecule has 2 N–H and O–H groups in total. The van der Waals surface area contributed by atoms with Crippen LogP contribution in [0, 0.1) is 16.7 Å². The Morgan fingerprint density at radius 2 is 2.11 bits per heavy atom. The first-order chi connectivity index (χ1) is 8.91. The van der Waals surface area contributed by atoms with Gasteiger partial charge in [0, 0.05) is 19.7 Å². The first kappa shape index (κ1) is 14.8. The summed E-state index contributed by atoms with van der Waals surface area (Å²) < 4.78 is 4.95. The first-order valence-electron chi connectivity index (χ1n) is 7.41. The lowest BCUT2D eigenvalue weighted by molar-refractivity contribution is -0.122. The number of nitrogens with one attached hydrogen (secondary N) is 2. The lowest BCUT2D eigenvalue weighted by Gasteiger charge is -2.39. The van der Waals surface area contributed by atoms with Crippen LogP contribution in [-0.2, 0) is 9.53 Å². The van der Waals surface area contributed by atoms with Crippen LogP contribution in [-0.4, -0.2) is 38.8 Å². The number of fused-ring (bicyclic) bond motifs is 2. The lowest BCUT2D eigenvalue weighted by Crippen LogP contribution is -2.49. The minimum atomic E-state index is 0.116. The third kappa shape index (κ3) is 2.52. The molecule has 2 aliphatic rings. The Morgan fingerprint density at radius 1 is 1.37 bits per heavy atom. The first-order valence-corrected chi connectivity index (χ1v) is 7.41. The Bertz CT molecular complexity index is 343. The normalized spacial score (nSPS) is 35.6. The fourth-order valence-corrected chi connectivity index (χ4v) is 4.04. The Balaban J connectivity index is 1.83. The quantitative estimate of drug-likeness (QED) is 0.719. The Morgan fingerprint density at radius 3 is 2.63 bits per heavy atom. The van der Waals surface area contributed by atoms with Gasteiger partial charge in [-0.2, -0.15) is 0 Å². The number of hydrogen-bond acceptors (Lipinski definition) is 3. The van der Waals surface area contributed by atoms with Crippen molar-refractivity contribution in [3.8, 4) is 0 Å². The topological polar surface area (TPSA) is 50.4 Å². The highest BCUT2D eigenvalue weighted by Crippen LogP contribution is 2.65. The summed E-state index contributed by atoms with van der Waals surface area (Å²) in [5.41, 5.74) is 0.619. The molecule has 4 nitrogen and oxygen atoms in total. The molecule has 3 atom stereocenters. The van der Waals surface area contributed by atoms with E-state index in [1.165, 1.54) is 12.8 Å². The summed E-state index contributed by atoms with van der Waals surface area (Å²) in [7, 11) is 1.67. The summed E-state index contributed by atoms with van der Waals surface area (Å²) >= 11 is 0. The summed E-state index contributed by atoms with van der Waals surface area (Å²) in [5.74, 6) is 0.884. The molecule has 0 aromatic rings. The van der Waals surface area contributed by atoms with Crippen molar-refractivity contribution < 1.29 is 9.53 Å². The molecular weight excluding hydrogens is 240 g/mol. The molecular formula is C15H28N2O2. The molecule has 110 valence electrons. The Hall–Kier alpha value is -0.610. The molecule has 2 fully saturated rings. The van der Waals surface area contributed by atoms with Gasteiger partial charge in [-0.05, 0) is 36.0 Å². The monoisotopic (exact) mass is 268 g/mol. The van der Waals surface area contributed by atoms with Gasteiger partial charge in [0.05, 0.1) is 13.2 Å². The van der Waals surface area contributed by atoms with Gasteiger partial charge in [-0.15, -0.1) is 0 Å². The van der Waals surface area contributed by atoms with Crippen LogP contribution in [0.5, 0.6) is 0 Å². The maximum Gasteiger partial charge on any atom is 0.234 e. The predicted molar refractivity (Wildman–Crippen MR) is 75.9 cm³/mol. The Labute approximate surface area is 116 Å². The smallest absolute Gasteiger partial charge is 0.234 e. The van der Waals surface area contributed by atoms with Gasteiger partial charge >= 0.3 is 0 Å². The van der Waals surface area contributed by atoms with Gasteiger partial charge in [0.2, 0.25) is 5.91 Å². The summed E-state index contributed by atoms with van der Waals surface area (Å²) in [4.78, 5) is 12.0. The molecule has 19 heavy (non-hydrogen) atoms. The van der Waals surface area contributed by atoms with Gasteiger partial charge in [0.1, 0.15) is 0 Å². The van der Waals surface area contributed by atoms with Crippen molar-refractivity contribution in [1.29, 1.82) is 0 Å². The average molecular weight is 268 g/mol. The van der Waals surface area contributed by atoms with Crippen LogP contribution in [0.25, 0.3) is 0 Å². The van der Waals surface area contributed by atoms with Gasteiger partial charge in [-0.3, -0.25) is 4.79 Å². The van der Waals surface area contributed by atoms with Crippen molar-refractivity contribution in [3.05, 3.63) is 0 Å². The third-order valence-electron chi connectivity index (χ3n) is 5.90. The molecule has 0 aliphatic heterocycles. The second-order valence-electron chi connectivity index (χ2n) is 6.90. The van der Waals surface area contributed by atoms with Crippen LogP contribution in [0.2, 0.25) is 0 Å². The third-order valence-corrected chi connectivity index (χ3v) is 5.90. The molecule has 0 aromatic carbocycles. The fourth-order valence-electron chi connectivity index (χ4n) is 4.04. The summed E-state index contributed by atoms with van der Waals surface area (Å²) in [6.45, 7) is 8.84. The number of methoxy groups -OCH3 is 1. The van der Waals surface area contributed by atoms with E-state index in [2.05, 4.69) is 31.4 Å². The van der Waals surface area contributed by atoms with E-state index in [9.17, 15) is 4.79 Å². The van der Waals surface area contributed by atoms with Crippen molar-refractivity contribution in [3.63, 3.8) is 0 Å². The van der Waals surface area contributed by atoms with Gasteiger partial charge in [-0.1, -0.05) is 20.8 Å². The van der Waals surface area contributed by atoms with E-state index in [0.717, 1.165) is 18.9 Å². The maximum atomic E-state index is 12.0. The number of ether oxygens (including phenoxy) is 1. The number of hydrogen-bond donors (Lipinski definition) is 2. The molecule has 0 radical (unpaired) electrons. The van der Waals surface area contributed by atoms with Crippen molar-refractivity contribution in [1.82, 2.24) is 10.6 Å². The van der Waals surface area contributed by atoms with Crippen molar-refractivity contribution in [2.75, 3.05) is 26.8 Å². The van der Waals surface area contributed by atoms with Crippen molar-refractivity contribution in [2.45, 2.75) is 46.1 Å². The molecule has 1 amide bonds. The van der Waals surface area contributed by atoms with E-state index < -0.39 is 0 Å². The molecule has 0 heterocycles. The van der Waals surface area contributed by atoms with Gasteiger partial charge in [0.25, 0.3) is 0 Å². The highest BCUT2D eigenvalue weighted by molar-refractivity contribution is 5.78. The SMILES string of the molecule is COCCNCC(=O)NC1CC2CCC1(C)C2(C)C. The minimum Gasteiger partial charge on any atom is -0.383 e. The molecule has 4 heteroatoms. The zero-order valence-electron chi connectivity index (χ0n) is 12.7. The van der Waals surface area contributed by atoms with Crippen LogP contribution in [0.15, 0.2) is 0 Å². The molecule has 0 spiro atoms. The highest BCUT2D eigenvalue weighted by atomic mass is 16.5. The van der Waals surface area contributed by atoms with E-state index in [1.54, 1.807) is 7.11 Å². The molecule has 2 aliphatic carbocycles. The summed E-state index contributed by atoms with van der Waals surface area (Å²) in [5, 5.41) is 6.34. The van der Waals surface area contributed by atoms with Crippen LogP contribution >= 0.6 is 0 Å². The molecule has 2 rings (SSSR count). The molecule has 2 saturated carbocycles. The van der Waals surface area contributed by atoms with E-state index >= 15 is 0 Å². The van der Waals surface area contributed by atoms with Gasteiger partial charge < -0.3 is 15.4 Å². The largest absolute Gasteiger partial charge is 0.383 e. The molecule has 3 unspecified atom stereocenters. The zero-order valence-corrected chi connectivity index (χ0v) is 12.7. The average Bonchev–Trinajstić information content (AvgIpc) is 2.68. The fraction of sp³-hybridized carbons (Fsp3) is 0.933.